The molecule has 2 saturated heterocycles. The molecular weight excluding hydrogens is 278 g/mol. The first kappa shape index (κ1) is 16.3. The standard InChI is InChI=1S/C13H27NO5Si/c1-2-17-20(18-11-9-16-10-12-19-20)13-3-4-14-5-7-15-8-6-14/h2-13H2,1H3. The Hall–Kier alpha value is -0.0231. The normalized spacial score (nSPS) is 25.1. The molecule has 0 aromatic heterocycles. The second kappa shape index (κ2) is 9.09. The molecule has 0 spiro atoms. The maximum absolute atomic E-state index is 5.93. The summed E-state index contributed by atoms with van der Waals surface area (Å²) in [6.45, 7) is 9.86. The van der Waals surface area contributed by atoms with E-state index in [0.717, 1.165) is 45.3 Å². The minimum absolute atomic E-state index is 0.573. The van der Waals surface area contributed by atoms with E-state index in [1.54, 1.807) is 0 Å². The molecule has 0 aromatic rings. The fraction of sp³-hybridized carbons (Fsp3) is 1.00. The van der Waals surface area contributed by atoms with Crippen molar-refractivity contribution in [2.75, 3.05) is 65.9 Å². The molecule has 20 heavy (non-hydrogen) atoms. The van der Waals surface area contributed by atoms with Crippen LogP contribution in [0.25, 0.3) is 0 Å². The lowest BCUT2D eigenvalue weighted by Crippen LogP contribution is -2.49. The molecule has 2 rings (SSSR count). The second-order valence-corrected chi connectivity index (χ2v) is 7.71. The Labute approximate surface area is 122 Å². The summed E-state index contributed by atoms with van der Waals surface area (Å²) < 4.78 is 28.4. The molecule has 0 aliphatic carbocycles. The van der Waals surface area contributed by atoms with Crippen LogP contribution in [0.5, 0.6) is 0 Å². The topological polar surface area (TPSA) is 49.4 Å². The molecule has 0 bridgehead atoms. The number of rotatable bonds is 6. The van der Waals surface area contributed by atoms with Gasteiger partial charge in [0.05, 0.1) is 39.6 Å². The third kappa shape index (κ3) is 5.40. The van der Waals surface area contributed by atoms with Crippen LogP contribution in [0.2, 0.25) is 6.04 Å². The van der Waals surface area contributed by atoms with Crippen LogP contribution in [0.3, 0.4) is 0 Å². The molecule has 2 fully saturated rings. The first-order valence-electron chi connectivity index (χ1n) is 7.64. The second-order valence-electron chi connectivity index (χ2n) is 4.98. The first-order chi connectivity index (χ1) is 9.85. The Morgan fingerprint density at radius 1 is 0.950 bits per heavy atom. The van der Waals surface area contributed by atoms with Crippen molar-refractivity contribution in [1.29, 1.82) is 0 Å². The smallest absolute Gasteiger partial charge is 0.379 e. The van der Waals surface area contributed by atoms with Gasteiger partial charge < -0.3 is 22.8 Å². The lowest BCUT2D eigenvalue weighted by Gasteiger charge is -2.32. The highest BCUT2D eigenvalue weighted by atomic mass is 28.4. The van der Waals surface area contributed by atoms with Gasteiger partial charge in [0, 0.05) is 25.7 Å². The van der Waals surface area contributed by atoms with E-state index in [1.165, 1.54) is 0 Å². The van der Waals surface area contributed by atoms with Crippen LogP contribution < -0.4 is 0 Å². The summed E-state index contributed by atoms with van der Waals surface area (Å²) in [4.78, 5) is 2.43. The van der Waals surface area contributed by atoms with Crippen LogP contribution in [0, 0.1) is 0 Å². The van der Waals surface area contributed by atoms with Gasteiger partial charge in [0.2, 0.25) is 0 Å². The van der Waals surface area contributed by atoms with Gasteiger partial charge in [0.25, 0.3) is 0 Å². The lowest BCUT2D eigenvalue weighted by molar-refractivity contribution is -0.0159. The van der Waals surface area contributed by atoms with Crippen LogP contribution in [-0.2, 0) is 22.8 Å². The van der Waals surface area contributed by atoms with Crippen LogP contribution in [0.15, 0.2) is 0 Å². The Bertz CT molecular complexity index is 255. The summed E-state index contributed by atoms with van der Waals surface area (Å²) in [5.74, 6) is 0. The van der Waals surface area contributed by atoms with Gasteiger partial charge in [-0.1, -0.05) is 0 Å². The number of nitrogens with zero attached hydrogens (tertiary/aromatic N) is 1. The summed E-state index contributed by atoms with van der Waals surface area (Å²) >= 11 is 0. The summed E-state index contributed by atoms with van der Waals surface area (Å²) in [7, 11) is -2.49. The highest BCUT2D eigenvalue weighted by molar-refractivity contribution is 6.60. The average Bonchev–Trinajstić information content (AvgIpc) is 2.44. The van der Waals surface area contributed by atoms with Gasteiger partial charge in [0.15, 0.2) is 0 Å². The molecule has 0 saturated carbocycles. The van der Waals surface area contributed by atoms with E-state index < -0.39 is 8.80 Å². The van der Waals surface area contributed by atoms with E-state index in [4.69, 9.17) is 22.8 Å². The van der Waals surface area contributed by atoms with Gasteiger partial charge in [-0.25, -0.2) is 0 Å². The van der Waals surface area contributed by atoms with Crippen molar-refractivity contribution in [3.8, 4) is 0 Å². The largest absolute Gasteiger partial charge is 0.501 e. The predicted molar refractivity (Wildman–Crippen MR) is 76.8 cm³/mol. The van der Waals surface area contributed by atoms with Crippen LogP contribution >= 0.6 is 0 Å². The van der Waals surface area contributed by atoms with E-state index in [0.29, 0.717) is 33.0 Å². The maximum Gasteiger partial charge on any atom is 0.501 e. The van der Waals surface area contributed by atoms with Crippen molar-refractivity contribution >= 4 is 8.80 Å². The number of hydrogen-bond acceptors (Lipinski definition) is 6. The SMILES string of the molecule is CCO[Si]1(CCCN2CCOCC2)OCCOCCO1. The van der Waals surface area contributed by atoms with Crippen molar-refractivity contribution in [2.45, 2.75) is 19.4 Å². The van der Waals surface area contributed by atoms with Crippen molar-refractivity contribution in [1.82, 2.24) is 4.90 Å². The van der Waals surface area contributed by atoms with E-state index in [1.807, 2.05) is 6.92 Å². The summed E-state index contributed by atoms with van der Waals surface area (Å²) in [6, 6.07) is 0.887. The molecule has 0 amide bonds. The fourth-order valence-corrected chi connectivity index (χ4v) is 5.02. The van der Waals surface area contributed by atoms with Crippen molar-refractivity contribution in [3.05, 3.63) is 0 Å². The summed E-state index contributed by atoms with van der Waals surface area (Å²) in [5.41, 5.74) is 0. The molecule has 0 radical (unpaired) electrons. The molecule has 0 atom stereocenters. The minimum atomic E-state index is -2.49. The quantitative estimate of drug-likeness (QED) is 0.675. The van der Waals surface area contributed by atoms with Crippen LogP contribution in [0.4, 0.5) is 0 Å². The lowest BCUT2D eigenvalue weighted by atomic mass is 10.3. The Morgan fingerprint density at radius 3 is 2.25 bits per heavy atom. The Kier molecular flexibility index (Phi) is 7.43. The van der Waals surface area contributed by atoms with Gasteiger partial charge >= 0.3 is 8.80 Å². The van der Waals surface area contributed by atoms with Gasteiger partial charge in [-0.3, -0.25) is 4.90 Å². The molecule has 2 heterocycles. The number of morpholine rings is 1. The summed E-state index contributed by atoms with van der Waals surface area (Å²) in [6.07, 6.45) is 1.05. The van der Waals surface area contributed by atoms with E-state index >= 15 is 0 Å². The van der Waals surface area contributed by atoms with Gasteiger partial charge in [-0.15, -0.1) is 0 Å². The van der Waals surface area contributed by atoms with E-state index in [2.05, 4.69) is 4.90 Å². The zero-order valence-electron chi connectivity index (χ0n) is 12.5. The highest BCUT2D eigenvalue weighted by Crippen LogP contribution is 2.19. The van der Waals surface area contributed by atoms with E-state index in [9.17, 15) is 0 Å². The van der Waals surface area contributed by atoms with Crippen molar-refractivity contribution < 1.29 is 22.8 Å². The molecule has 0 N–H and O–H groups in total. The van der Waals surface area contributed by atoms with Gasteiger partial charge in [-0.05, 0) is 19.9 Å². The molecule has 7 heteroatoms. The zero-order chi connectivity index (χ0) is 14.1. The molecule has 118 valence electrons. The number of hydrogen-bond donors (Lipinski definition) is 0. The van der Waals surface area contributed by atoms with Crippen molar-refractivity contribution in [3.63, 3.8) is 0 Å². The highest BCUT2D eigenvalue weighted by Gasteiger charge is 2.41. The first-order valence-corrected chi connectivity index (χ1v) is 9.57. The number of ether oxygens (including phenoxy) is 2. The average molecular weight is 305 g/mol. The molecule has 0 unspecified atom stereocenters. The van der Waals surface area contributed by atoms with Gasteiger partial charge in [-0.2, -0.15) is 0 Å². The zero-order valence-corrected chi connectivity index (χ0v) is 13.5. The van der Waals surface area contributed by atoms with E-state index in [-0.39, 0.29) is 0 Å². The molecule has 6 nitrogen and oxygen atoms in total. The Balaban J connectivity index is 1.77. The molecular formula is C13H27NO5Si. The maximum atomic E-state index is 5.93. The van der Waals surface area contributed by atoms with Gasteiger partial charge in [0.1, 0.15) is 0 Å². The van der Waals surface area contributed by atoms with Crippen molar-refractivity contribution in [2.24, 2.45) is 0 Å². The monoisotopic (exact) mass is 305 g/mol. The minimum Gasteiger partial charge on any atom is -0.379 e. The summed E-state index contributed by atoms with van der Waals surface area (Å²) in [5, 5.41) is 0. The Morgan fingerprint density at radius 2 is 1.60 bits per heavy atom. The fourth-order valence-electron chi connectivity index (χ4n) is 2.52. The van der Waals surface area contributed by atoms with Crippen LogP contribution in [0.1, 0.15) is 13.3 Å². The third-order valence-electron chi connectivity index (χ3n) is 3.52. The molecule has 2 aliphatic rings. The third-order valence-corrected chi connectivity index (χ3v) is 6.51. The molecule has 2 aliphatic heterocycles. The predicted octanol–water partition coefficient (Wildman–Crippen LogP) is 0.748. The molecule has 0 aromatic carbocycles. The van der Waals surface area contributed by atoms with Crippen LogP contribution in [-0.4, -0.2) is 79.6 Å².